The molecule has 2 aliphatic heterocycles. The summed E-state index contributed by atoms with van der Waals surface area (Å²) in [5.41, 5.74) is 1.25. The Morgan fingerprint density at radius 2 is 2.00 bits per heavy atom. The van der Waals surface area contributed by atoms with Crippen LogP contribution < -0.4 is 10.2 Å². The number of halogens is 2. The van der Waals surface area contributed by atoms with E-state index in [9.17, 15) is 9.18 Å². The highest BCUT2D eigenvalue weighted by Gasteiger charge is 2.42. The molecule has 2 aliphatic rings. The Balaban J connectivity index is 1.41. The molecule has 4 rings (SSSR count). The van der Waals surface area contributed by atoms with Gasteiger partial charge in [-0.15, -0.1) is 0 Å². The lowest BCUT2D eigenvalue weighted by atomic mass is 9.73. The Hall–Kier alpha value is -1.92. The second-order valence-electron chi connectivity index (χ2n) is 8.00. The van der Waals surface area contributed by atoms with Gasteiger partial charge >= 0.3 is 0 Å². The number of rotatable bonds is 5. The van der Waals surface area contributed by atoms with Gasteiger partial charge in [0.15, 0.2) is 0 Å². The first-order valence-corrected chi connectivity index (χ1v) is 11.0. The summed E-state index contributed by atoms with van der Waals surface area (Å²) in [6, 6.07) is 14.8. The third-order valence-electron chi connectivity index (χ3n) is 6.17. The SMILES string of the molecule is O=C(NCC1CCN(c2cccc(Br)c2)C1)C1(c2cccc(F)c2)CCOCC1. The minimum absolute atomic E-state index is 0.00712. The van der Waals surface area contributed by atoms with Crippen LogP contribution in [0.1, 0.15) is 24.8 Å². The highest BCUT2D eigenvalue weighted by Crippen LogP contribution is 2.36. The molecule has 0 bridgehead atoms. The highest BCUT2D eigenvalue weighted by molar-refractivity contribution is 9.10. The third kappa shape index (κ3) is 4.48. The zero-order valence-electron chi connectivity index (χ0n) is 16.4. The molecule has 2 fully saturated rings. The van der Waals surface area contributed by atoms with Crippen LogP contribution in [0, 0.1) is 11.7 Å². The van der Waals surface area contributed by atoms with Gasteiger partial charge in [-0.3, -0.25) is 4.79 Å². The standard InChI is InChI=1S/C23H26BrFN2O2/c24-19-4-2-6-21(14-19)27-10-7-17(16-27)15-26-22(28)23(8-11-29-12-9-23)18-3-1-5-20(25)13-18/h1-6,13-14,17H,7-12,15-16H2,(H,26,28). The number of carbonyl (C=O) groups excluding carboxylic acids is 1. The van der Waals surface area contributed by atoms with Gasteiger partial charge in [-0.05, 0) is 61.1 Å². The molecule has 2 saturated heterocycles. The predicted octanol–water partition coefficient (Wildman–Crippen LogP) is 4.28. The van der Waals surface area contributed by atoms with Gasteiger partial charge in [0.1, 0.15) is 5.82 Å². The predicted molar refractivity (Wildman–Crippen MR) is 116 cm³/mol. The van der Waals surface area contributed by atoms with E-state index in [4.69, 9.17) is 4.74 Å². The Bertz CT molecular complexity index is 869. The summed E-state index contributed by atoms with van der Waals surface area (Å²) in [5.74, 6) is 0.0938. The minimum atomic E-state index is -0.705. The van der Waals surface area contributed by atoms with Crippen LogP contribution in [-0.2, 0) is 14.9 Å². The Kier molecular flexibility index (Phi) is 6.20. The molecule has 1 N–H and O–H groups in total. The van der Waals surface area contributed by atoms with Crippen molar-refractivity contribution in [1.82, 2.24) is 5.32 Å². The monoisotopic (exact) mass is 460 g/mol. The molecular weight excluding hydrogens is 435 g/mol. The first-order valence-electron chi connectivity index (χ1n) is 10.2. The average Bonchev–Trinajstić information content (AvgIpc) is 3.22. The second kappa shape index (κ2) is 8.84. The van der Waals surface area contributed by atoms with Crippen molar-refractivity contribution in [3.05, 3.63) is 64.4 Å². The fourth-order valence-electron chi connectivity index (χ4n) is 4.47. The molecule has 1 atom stereocenters. The lowest BCUT2D eigenvalue weighted by molar-refractivity contribution is -0.130. The molecule has 2 aromatic rings. The number of nitrogens with zero attached hydrogens (tertiary/aromatic N) is 1. The van der Waals surface area contributed by atoms with E-state index in [1.54, 1.807) is 6.07 Å². The summed E-state index contributed by atoms with van der Waals surface area (Å²) < 4.78 is 20.4. The number of carbonyl (C=O) groups is 1. The van der Waals surface area contributed by atoms with Crippen molar-refractivity contribution in [2.75, 3.05) is 37.7 Å². The molecule has 0 radical (unpaired) electrons. The van der Waals surface area contributed by atoms with Crippen molar-refractivity contribution in [1.29, 1.82) is 0 Å². The van der Waals surface area contributed by atoms with E-state index in [1.165, 1.54) is 17.8 Å². The summed E-state index contributed by atoms with van der Waals surface area (Å²) in [7, 11) is 0. The van der Waals surface area contributed by atoms with Crippen LogP contribution in [0.4, 0.5) is 10.1 Å². The number of nitrogens with one attached hydrogen (secondary N) is 1. The molecular formula is C23H26BrFN2O2. The number of ether oxygens (including phenoxy) is 1. The van der Waals surface area contributed by atoms with Crippen molar-refractivity contribution in [3.63, 3.8) is 0 Å². The molecule has 0 aromatic heterocycles. The van der Waals surface area contributed by atoms with Crippen molar-refractivity contribution >= 4 is 27.5 Å². The number of amides is 1. The van der Waals surface area contributed by atoms with Gasteiger partial charge < -0.3 is 15.0 Å². The summed E-state index contributed by atoms with van der Waals surface area (Å²) >= 11 is 3.53. The zero-order valence-corrected chi connectivity index (χ0v) is 18.0. The topological polar surface area (TPSA) is 41.6 Å². The van der Waals surface area contributed by atoms with Gasteiger partial charge in [-0.2, -0.15) is 0 Å². The van der Waals surface area contributed by atoms with Crippen LogP contribution in [0.5, 0.6) is 0 Å². The normalized spacial score (nSPS) is 21.2. The zero-order chi connectivity index (χ0) is 20.3. The molecule has 1 amide bonds. The number of benzene rings is 2. The summed E-state index contributed by atoms with van der Waals surface area (Å²) in [6.07, 6.45) is 2.21. The summed E-state index contributed by atoms with van der Waals surface area (Å²) in [5, 5.41) is 3.18. The van der Waals surface area contributed by atoms with Crippen LogP contribution in [-0.4, -0.2) is 38.8 Å². The number of anilines is 1. The van der Waals surface area contributed by atoms with E-state index in [2.05, 4.69) is 38.3 Å². The molecule has 154 valence electrons. The van der Waals surface area contributed by atoms with Gasteiger partial charge in [-0.25, -0.2) is 4.39 Å². The third-order valence-corrected chi connectivity index (χ3v) is 6.66. The van der Waals surface area contributed by atoms with Gasteiger partial charge in [-0.1, -0.05) is 34.1 Å². The molecule has 1 unspecified atom stereocenters. The minimum Gasteiger partial charge on any atom is -0.381 e. The van der Waals surface area contributed by atoms with Crippen molar-refractivity contribution < 1.29 is 13.9 Å². The lowest BCUT2D eigenvalue weighted by Crippen LogP contribution is -2.49. The molecule has 0 aliphatic carbocycles. The van der Waals surface area contributed by atoms with Gasteiger partial charge in [0.2, 0.25) is 5.91 Å². The number of hydrogen-bond acceptors (Lipinski definition) is 3. The van der Waals surface area contributed by atoms with Crippen LogP contribution in [0.25, 0.3) is 0 Å². The van der Waals surface area contributed by atoms with E-state index >= 15 is 0 Å². The lowest BCUT2D eigenvalue weighted by Gasteiger charge is -2.36. The van der Waals surface area contributed by atoms with E-state index in [-0.39, 0.29) is 11.7 Å². The first-order chi connectivity index (χ1) is 14.1. The smallest absolute Gasteiger partial charge is 0.230 e. The van der Waals surface area contributed by atoms with Crippen LogP contribution in [0.2, 0.25) is 0 Å². The van der Waals surface area contributed by atoms with E-state index in [0.717, 1.165) is 29.5 Å². The quantitative estimate of drug-likeness (QED) is 0.723. The molecule has 2 heterocycles. The largest absolute Gasteiger partial charge is 0.381 e. The maximum Gasteiger partial charge on any atom is 0.230 e. The van der Waals surface area contributed by atoms with Crippen molar-refractivity contribution in [2.24, 2.45) is 5.92 Å². The van der Waals surface area contributed by atoms with Crippen LogP contribution in [0.15, 0.2) is 53.0 Å². The van der Waals surface area contributed by atoms with Crippen molar-refractivity contribution in [2.45, 2.75) is 24.7 Å². The van der Waals surface area contributed by atoms with E-state index in [0.29, 0.717) is 38.5 Å². The molecule has 29 heavy (non-hydrogen) atoms. The van der Waals surface area contributed by atoms with E-state index in [1.807, 2.05) is 18.2 Å². The Morgan fingerprint density at radius 1 is 1.21 bits per heavy atom. The first kappa shape index (κ1) is 20.4. The van der Waals surface area contributed by atoms with Crippen LogP contribution in [0.3, 0.4) is 0 Å². The molecule has 0 saturated carbocycles. The number of hydrogen-bond donors (Lipinski definition) is 1. The maximum absolute atomic E-state index is 13.8. The Morgan fingerprint density at radius 3 is 2.76 bits per heavy atom. The average molecular weight is 461 g/mol. The van der Waals surface area contributed by atoms with Gasteiger partial charge in [0, 0.05) is 43.0 Å². The molecule has 4 nitrogen and oxygen atoms in total. The van der Waals surface area contributed by atoms with Gasteiger partial charge in [0.05, 0.1) is 5.41 Å². The molecule has 6 heteroatoms. The fraction of sp³-hybridized carbons (Fsp3) is 0.435. The van der Waals surface area contributed by atoms with Crippen LogP contribution >= 0.6 is 15.9 Å². The molecule has 0 spiro atoms. The fourth-order valence-corrected chi connectivity index (χ4v) is 4.85. The highest BCUT2D eigenvalue weighted by atomic mass is 79.9. The van der Waals surface area contributed by atoms with E-state index < -0.39 is 5.41 Å². The summed E-state index contributed by atoms with van der Waals surface area (Å²) in [4.78, 5) is 15.6. The van der Waals surface area contributed by atoms with Gasteiger partial charge in [0.25, 0.3) is 0 Å². The summed E-state index contributed by atoms with van der Waals surface area (Å²) in [6.45, 7) is 3.59. The molecule has 2 aromatic carbocycles. The Labute approximate surface area is 179 Å². The van der Waals surface area contributed by atoms with Crippen molar-refractivity contribution in [3.8, 4) is 0 Å². The second-order valence-corrected chi connectivity index (χ2v) is 8.91. The maximum atomic E-state index is 13.8.